The van der Waals surface area contributed by atoms with Gasteiger partial charge in [-0.15, -0.1) is 11.3 Å². The molecule has 0 aliphatic heterocycles. The summed E-state index contributed by atoms with van der Waals surface area (Å²) in [5.41, 5.74) is 0.341. The van der Waals surface area contributed by atoms with E-state index >= 15 is 0 Å². The van der Waals surface area contributed by atoms with Crippen LogP contribution in [0.1, 0.15) is 60.7 Å². The summed E-state index contributed by atoms with van der Waals surface area (Å²) in [6, 6.07) is 0. The summed E-state index contributed by atoms with van der Waals surface area (Å²) >= 11 is 1.19. The maximum absolute atomic E-state index is 12.8. The molecule has 3 rings (SSSR count). The van der Waals surface area contributed by atoms with Crippen LogP contribution in [0.3, 0.4) is 0 Å². The monoisotopic (exact) mass is 392 g/mol. The Bertz CT molecular complexity index is 895. The molecule has 1 fully saturated rings. The smallest absolute Gasteiger partial charge is 0.348 e. The molecule has 2 aromatic heterocycles. The lowest BCUT2D eigenvalue weighted by Crippen LogP contribution is -2.23. The Balaban J connectivity index is 1.81. The van der Waals surface area contributed by atoms with E-state index in [2.05, 4.69) is 4.98 Å². The van der Waals surface area contributed by atoms with Crippen LogP contribution >= 0.6 is 11.3 Å². The van der Waals surface area contributed by atoms with Gasteiger partial charge in [-0.05, 0) is 45.1 Å². The minimum Gasteiger partial charge on any atom is -0.466 e. The van der Waals surface area contributed by atoms with Gasteiger partial charge < -0.3 is 9.47 Å². The van der Waals surface area contributed by atoms with Crippen LogP contribution in [0.2, 0.25) is 0 Å². The molecule has 1 aliphatic carbocycles. The largest absolute Gasteiger partial charge is 0.466 e. The number of hydrogen-bond donors (Lipinski definition) is 0. The zero-order chi connectivity index (χ0) is 19.4. The fourth-order valence-corrected chi connectivity index (χ4v) is 4.37. The van der Waals surface area contributed by atoms with Crippen LogP contribution in [0.25, 0.3) is 10.2 Å². The molecule has 0 unspecified atom stereocenters. The Morgan fingerprint density at radius 1 is 1.30 bits per heavy atom. The molecule has 1 saturated carbocycles. The van der Waals surface area contributed by atoms with Crippen molar-refractivity contribution in [3.8, 4) is 0 Å². The Morgan fingerprint density at radius 3 is 2.74 bits per heavy atom. The topological polar surface area (TPSA) is 87.5 Å². The molecule has 0 N–H and O–H groups in total. The van der Waals surface area contributed by atoms with Crippen LogP contribution < -0.4 is 5.56 Å². The number of carbonyl (C=O) groups is 2. The summed E-state index contributed by atoms with van der Waals surface area (Å²) in [7, 11) is 0. The van der Waals surface area contributed by atoms with E-state index in [1.54, 1.807) is 13.8 Å². The van der Waals surface area contributed by atoms with E-state index in [4.69, 9.17) is 9.47 Å². The normalized spacial score (nSPS) is 15.0. The number of aromatic nitrogens is 2. The number of ether oxygens (including phenoxy) is 2. The number of aryl methyl sites for hydroxylation is 2. The molecule has 7 nitrogen and oxygen atoms in total. The lowest BCUT2D eigenvalue weighted by Gasteiger charge is -2.21. The second kappa shape index (κ2) is 8.65. The molecule has 0 spiro atoms. The summed E-state index contributed by atoms with van der Waals surface area (Å²) in [5.74, 6) is -0.733. The number of hydrogen-bond acceptors (Lipinski definition) is 7. The highest BCUT2D eigenvalue weighted by molar-refractivity contribution is 7.20. The van der Waals surface area contributed by atoms with E-state index in [1.165, 1.54) is 28.7 Å². The lowest BCUT2D eigenvalue weighted by atomic mass is 9.98. The third-order valence-corrected chi connectivity index (χ3v) is 5.97. The van der Waals surface area contributed by atoms with Crippen molar-refractivity contribution in [1.82, 2.24) is 9.55 Å². The molecular weight excluding hydrogens is 368 g/mol. The zero-order valence-corrected chi connectivity index (χ0v) is 16.5. The van der Waals surface area contributed by atoms with Crippen molar-refractivity contribution in [1.29, 1.82) is 0 Å². The third-order valence-electron chi connectivity index (χ3n) is 4.79. The van der Waals surface area contributed by atoms with Gasteiger partial charge in [-0.2, -0.15) is 0 Å². The van der Waals surface area contributed by atoms with Crippen molar-refractivity contribution in [3.63, 3.8) is 0 Å². The standard InChI is InChI=1S/C19H24N2O5S/c1-3-25-14(22)9-10-21-11-20-17-15(18(21)23)12(2)16(27-17)19(24)26-13-7-5-4-6-8-13/h11,13H,3-10H2,1-2H3. The van der Waals surface area contributed by atoms with Crippen molar-refractivity contribution < 1.29 is 19.1 Å². The maximum atomic E-state index is 12.8. The number of esters is 2. The Hall–Kier alpha value is -2.22. The summed E-state index contributed by atoms with van der Waals surface area (Å²) in [4.78, 5) is 42.1. The molecular formula is C19H24N2O5S. The molecule has 0 bridgehead atoms. The first kappa shape index (κ1) is 19.5. The van der Waals surface area contributed by atoms with Crippen molar-refractivity contribution in [2.24, 2.45) is 0 Å². The third kappa shape index (κ3) is 4.37. The SMILES string of the molecule is CCOC(=O)CCn1cnc2sc(C(=O)OC3CCCCC3)c(C)c2c1=O. The Labute approximate surface area is 161 Å². The van der Waals surface area contributed by atoms with Crippen LogP contribution in [0.15, 0.2) is 11.1 Å². The zero-order valence-electron chi connectivity index (χ0n) is 15.7. The number of rotatable bonds is 6. The van der Waals surface area contributed by atoms with E-state index in [9.17, 15) is 14.4 Å². The van der Waals surface area contributed by atoms with Gasteiger partial charge in [0.05, 0.1) is 24.7 Å². The number of nitrogens with zero attached hydrogens (tertiary/aromatic N) is 2. The highest BCUT2D eigenvalue weighted by Gasteiger charge is 2.24. The van der Waals surface area contributed by atoms with Crippen molar-refractivity contribution in [2.45, 2.75) is 65.0 Å². The molecule has 2 heterocycles. The summed E-state index contributed by atoms with van der Waals surface area (Å²) < 4.78 is 11.9. The first-order valence-corrected chi connectivity index (χ1v) is 10.2. The predicted octanol–water partition coefficient (Wildman–Crippen LogP) is 3.21. The average molecular weight is 392 g/mol. The first-order valence-electron chi connectivity index (χ1n) is 9.36. The van der Waals surface area contributed by atoms with Gasteiger partial charge in [0.15, 0.2) is 0 Å². The summed E-state index contributed by atoms with van der Waals surface area (Å²) in [6.07, 6.45) is 6.61. The summed E-state index contributed by atoms with van der Waals surface area (Å²) in [5, 5.41) is 0.418. The van der Waals surface area contributed by atoms with Crippen LogP contribution in [0, 0.1) is 6.92 Å². The quantitative estimate of drug-likeness (QED) is 0.702. The van der Waals surface area contributed by atoms with Gasteiger partial charge in [0.25, 0.3) is 5.56 Å². The maximum Gasteiger partial charge on any atom is 0.348 e. The minimum absolute atomic E-state index is 0.0370. The number of carbonyl (C=O) groups excluding carboxylic acids is 2. The second-order valence-electron chi connectivity index (χ2n) is 6.70. The molecule has 1 aliphatic rings. The molecule has 0 aromatic carbocycles. The van der Waals surface area contributed by atoms with E-state index in [1.807, 2.05) is 0 Å². The molecule has 146 valence electrons. The van der Waals surface area contributed by atoms with Crippen LogP contribution in [0.5, 0.6) is 0 Å². The molecule has 2 aromatic rings. The average Bonchev–Trinajstić information content (AvgIpc) is 3.00. The fourth-order valence-electron chi connectivity index (χ4n) is 3.35. The molecule has 0 radical (unpaired) electrons. The van der Waals surface area contributed by atoms with E-state index < -0.39 is 0 Å². The van der Waals surface area contributed by atoms with Crippen molar-refractivity contribution in [3.05, 3.63) is 27.1 Å². The molecule has 0 saturated heterocycles. The summed E-state index contributed by atoms with van der Waals surface area (Å²) in [6.45, 7) is 3.98. The van der Waals surface area contributed by atoms with E-state index in [0.717, 1.165) is 25.7 Å². The van der Waals surface area contributed by atoms with Gasteiger partial charge in [0.1, 0.15) is 15.8 Å². The highest BCUT2D eigenvalue weighted by Crippen LogP contribution is 2.29. The minimum atomic E-state index is -0.375. The Morgan fingerprint density at radius 2 is 2.04 bits per heavy atom. The first-order chi connectivity index (χ1) is 13.0. The van der Waals surface area contributed by atoms with E-state index in [0.29, 0.717) is 27.3 Å². The van der Waals surface area contributed by atoms with Crippen LogP contribution in [0.4, 0.5) is 0 Å². The van der Waals surface area contributed by atoms with Gasteiger partial charge in [-0.1, -0.05) is 6.42 Å². The lowest BCUT2D eigenvalue weighted by molar-refractivity contribution is -0.143. The number of fused-ring (bicyclic) bond motifs is 1. The molecule has 0 atom stereocenters. The van der Waals surface area contributed by atoms with Crippen molar-refractivity contribution in [2.75, 3.05) is 6.61 Å². The Kier molecular flexibility index (Phi) is 6.26. The van der Waals surface area contributed by atoms with Gasteiger partial charge >= 0.3 is 11.9 Å². The van der Waals surface area contributed by atoms with E-state index in [-0.39, 0.29) is 36.6 Å². The van der Waals surface area contributed by atoms with Crippen LogP contribution in [-0.2, 0) is 20.8 Å². The van der Waals surface area contributed by atoms with Gasteiger partial charge in [0, 0.05) is 6.54 Å². The van der Waals surface area contributed by atoms with Crippen molar-refractivity contribution >= 4 is 33.5 Å². The predicted molar refractivity (Wildman–Crippen MR) is 102 cm³/mol. The molecule has 27 heavy (non-hydrogen) atoms. The van der Waals surface area contributed by atoms with Crippen LogP contribution in [-0.4, -0.2) is 34.2 Å². The second-order valence-corrected chi connectivity index (χ2v) is 7.70. The van der Waals surface area contributed by atoms with Gasteiger partial charge in [0.2, 0.25) is 0 Å². The molecule has 8 heteroatoms. The fraction of sp³-hybridized carbons (Fsp3) is 0.579. The number of thiophene rings is 1. The molecule has 0 amide bonds. The van der Waals surface area contributed by atoms with Gasteiger partial charge in [-0.25, -0.2) is 9.78 Å². The van der Waals surface area contributed by atoms with Gasteiger partial charge in [-0.3, -0.25) is 14.2 Å². The highest BCUT2D eigenvalue weighted by atomic mass is 32.1.